The van der Waals surface area contributed by atoms with Crippen molar-refractivity contribution in [2.75, 3.05) is 0 Å². The van der Waals surface area contributed by atoms with Crippen LogP contribution < -0.4 is 3.61 Å². The molecule has 0 fully saturated rings. The average molecular weight is 590 g/mol. The first kappa shape index (κ1) is 11.8. The molecule has 1 heterocycles. The average Bonchev–Trinajstić information content (AvgIpc) is 2.36. The molecule has 0 aliphatic carbocycles. The van der Waals surface area contributed by atoms with Gasteiger partial charge in [0.15, 0.2) is 0 Å². The molecular formula is C9H5BrI2OTe. The van der Waals surface area contributed by atoms with Crippen LogP contribution in [0.5, 0.6) is 0 Å². The van der Waals surface area contributed by atoms with E-state index in [1.807, 2.05) is 12.1 Å². The molecule has 0 amide bonds. The van der Waals surface area contributed by atoms with E-state index in [4.69, 9.17) is 0 Å². The number of rotatable bonds is 1. The van der Waals surface area contributed by atoms with Gasteiger partial charge in [0.1, 0.15) is 0 Å². The standard InChI is InChI=1S/C9H5BrI2OTe/c10-9-6-3-1-2-4-7(6)14(11,12)8(9)5-13/h1-5H. The molecule has 0 spiro atoms. The predicted octanol–water partition coefficient (Wildman–Crippen LogP) is 3.06. The topological polar surface area (TPSA) is 17.1 Å². The van der Waals surface area contributed by atoms with Crippen LogP contribution in [0, 0.1) is 0 Å². The fourth-order valence-corrected chi connectivity index (χ4v) is 21.3. The van der Waals surface area contributed by atoms with Crippen molar-refractivity contribution in [3.8, 4) is 0 Å². The predicted molar refractivity (Wildman–Crippen MR) is 81.8 cm³/mol. The summed E-state index contributed by atoms with van der Waals surface area (Å²) < 4.78 is 3.38. The van der Waals surface area contributed by atoms with Crippen molar-refractivity contribution in [1.29, 1.82) is 0 Å². The zero-order valence-corrected chi connectivity index (χ0v) is 15.1. The molecule has 5 heteroatoms. The molecular weight excluding hydrogens is 585 g/mol. The summed E-state index contributed by atoms with van der Waals surface area (Å²) in [7, 11) is -2.31. The number of aldehydes is 1. The van der Waals surface area contributed by atoms with Gasteiger partial charge in [-0.15, -0.1) is 0 Å². The Balaban J connectivity index is 2.74. The Morgan fingerprint density at radius 1 is 1.29 bits per heavy atom. The Hall–Kier alpha value is 1.36. The first-order valence-electron chi connectivity index (χ1n) is 3.76. The van der Waals surface area contributed by atoms with Gasteiger partial charge in [-0.25, -0.2) is 0 Å². The van der Waals surface area contributed by atoms with Crippen molar-refractivity contribution in [2.24, 2.45) is 0 Å². The fourth-order valence-electron chi connectivity index (χ4n) is 1.35. The summed E-state index contributed by atoms with van der Waals surface area (Å²) in [5.41, 5.74) is 1.21. The molecule has 14 heavy (non-hydrogen) atoms. The first-order chi connectivity index (χ1) is 6.59. The van der Waals surface area contributed by atoms with Gasteiger partial charge in [0.2, 0.25) is 0 Å². The van der Waals surface area contributed by atoms with E-state index in [-0.39, 0.29) is 0 Å². The Kier molecular flexibility index (Phi) is 3.65. The maximum absolute atomic E-state index is 11.1. The Labute approximate surface area is 114 Å². The summed E-state index contributed by atoms with van der Waals surface area (Å²) in [6.07, 6.45) is 1.02. The van der Waals surface area contributed by atoms with Gasteiger partial charge in [-0.05, 0) is 0 Å². The number of hydrogen-bond donors (Lipinski definition) is 0. The number of carbonyl (C=O) groups is 1. The van der Waals surface area contributed by atoms with E-state index in [9.17, 15) is 4.79 Å². The molecule has 0 atom stereocenters. The minimum atomic E-state index is -2.31. The molecule has 0 aromatic heterocycles. The molecule has 0 radical (unpaired) electrons. The molecule has 1 nitrogen and oxygen atoms in total. The Morgan fingerprint density at radius 3 is 2.50 bits per heavy atom. The molecule has 0 N–H and O–H groups in total. The Bertz CT molecular complexity index is 442. The van der Waals surface area contributed by atoms with Crippen molar-refractivity contribution in [1.82, 2.24) is 0 Å². The van der Waals surface area contributed by atoms with Crippen LogP contribution in [0.15, 0.2) is 27.9 Å². The van der Waals surface area contributed by atoms with E-state index < -0.39 is 10.3 Å². The second kappa shape index (κ2) is 4.32. The van der Waals surface area contributed by atoms with Gasteiger partial charge in [0, 0.05) is 0 Å². The quantitative estimate of drug-likeness (QED) is 0.280. The van der Waals surface area contributed by atoms with Crippen LogP contribution in [0.1, 0.15) is 5.56 Å². The molecule has 0 saturated heterocycles. The molecule has 0 saturated carbocycles. The van der Waals surface area contributed by atoms with E-state index in [0.29, 0.717) is 0 Å². The molecule has 1 aromatic rings. The van der Waals surface area contributed by atoms with Gasteiger partial charge in [-0.3, -0.25) is 0 Å². The van der Waals surface area contributed by atoms with Crippen molar-refractivity contribution in [3.63, 3.8) is 0 Å². The van der Waals surface area contributed by atoms with Crippen LogP contribution >= 0.6 is 53.3 Å². The molecule has 1 aromatic carbocycles. The third-order valence-corrected chi connectivity index (χ3v) is 21.4. The second-order valence-corrected chi connectivity index (χ2v) is 37.8. The van der Waals surface area contributed by atoms with E-state index >= 15 is 0 Å². The second-order valence-electron chi connectivity index (χ2n) is 2.76. The maximum atomic E-state index is 11.1. The number of benzene rings is 1. The third-order valence-electron chi connectivity index (χ3n) is 2.00. The summed E-state index contributed by atoms with van der Waals surface area (Å²) in [6.45, 7) is 0. The number of halogens is 3. The van der Waals surface area contributed by atoms with Gasteiger partial charge >= 0.3 is 116 Å². The van der Waals surface area contributed by atoms with Crippen molar-refractivity contribution in [3.05, 3.63) is 33.4 Å². The van der Waals surface area contributed by atoms with Gasteiger partial charge in [0.05, 0.1) is 0 Å². The van der Waals surface area contributed by atoms with E-state index in [1.54, 1.807) is 0 Å². The van der Waals surface area contributed by atoms with E-state index in [1.165, 1.54) is 9.17 Å². The van der Waals surface area contributed by atoms with Crippen LogP contribution in [0.4, 0.5) is 0 Å². The SMILES string of the molecule is O=CC1=C(Br)c2ccccc2[Te]1(I)I. The van der Waals surface area contributed by atoms with Crippen LogP contribution in [0.3, 0.4) is 0 Å². The van der Waals surface area contributed by atoms with Crippen molar-refractivity contribution < 1.29 is 4.79 Å². The molecule has 74 valence electrons. The van der Waals surface area contributed by atoms with Crippen molar-refractivity contribution in [2.45, 2.75) is 0 Å². The van der Waals surface area contributed by atoms with E-state index in [0.717, 1.165) is 14.4 Å². The zero-order valence-electron chi connectivity index (χ0n) is 6.84. The van der Waals surface area contributed by atoms with Gasteiger partial charge in [-0.2, -0.15) is 0 Å². The monoisotopic (exact) mass is 592 g/mol. The van der Waals surface area contributed by atoms with Crippen LogP contribution in [-0.4, -0.2) is 16.6 Å². The fraction of sp³-hybridized carbons (Fsp3) is 0. The normalized spacial score (nSPS) is 20.5. The third kappa shape index (κ3) is 1.73. The zero-order chi connectivity index (χ0) is 10.3. The van der Waals surface area contributed by atoms with Crippen LogP contribution in [0.25, 0.3) is 4.48 Å². The van der Waals surface area contributed by atoms with Crippen molar-refractivity contribution >= 4 is 78.0 Å². The molecule has 0 unspecified atom stereocenters. The summed E-state index contributed by atoms with van der Waals surface area (Å²) in [6, 6.07) is 8.28. The van der Waals surface area contributed by atoms with Crippen LogP contribution in [0.2, 0.25) is 0 Å². The number of fused-ring (bicyclic) bond motifs is 1. The first-order valence-corrected chi connectivity index (χ1v) is 20.5. The summed E-state index contributed by atoms with van der Waals surface area (Å²) >= 11 is 8.51. The van der Waals surface area contributed by atoms with Gasteiger partial charge in [-0.1, -0.05) is 0 Å². The van der Waals surface area contributed by atoms with Crippen LogP contribution in [-0.2, 0) is 4.79 Å². The summed E-state index contributed by atoms with van der Waals surface area (Å²) in [5, 5.41) is 0. The minimum absolute atomic E-state index is 0.995. The number of hydrogen-bond acceptors (Lipinski definition) is 1. The molecule has 2 rings (SSSR count). The molecule has 1 aliphatic heterocycles. The summed E-state index contributed by atoms with van der Waals surface area (Å²) in [5.74, 6) is 0. The van der Waals surface area contributed by atoms with Gasteiger partial charge in [0.25, 0.3) is 0 Å². The molecule has 0 bridgehead atoms. The number of allylic oxidation sites excluding steroid dienone is 1. The number of carbonyl (C=O) groups excluding carboxylic acids is 1. The molecule has 1 aliphatic rings. The van der Waals surface area contributed by atoms with Gasteiger partial charge < -0.3 is 0 Å². The Morgan fingerprint density at radius 2 is 1.93 bits per heavy atom. The van der Waals surface area contributed by atoms with E-state index in [2.05, 4.69) is 65.5 Å². The summed E-state index contributed by atoms with van der Waals surface area (Å²) in [4.78, 5) is 11.1.